The molecule has 2 heterocycles. The third-order valence-corrected chi connectivity index (χ3v) is 9.28. The molecule has 1 aliphatic heterocycles. The fourth-order valence-corrected chi connectivity index (χ4v) is 6.34. The number of nitrogens with two attached hydrogens (primary N) is 1. The van der Waals surface area contributed by atoms with Crippen molar-refractivity contribution in [3.05, 3.63) is 119 Å². The Kier molecular flexibility index (Phi) is 13.4. The molecule has 1 aromatic heterocycles. The molecule has 4 aromatic rings. The first-order valence-corrected chi connectivity index (χ1v) is 17.5. The summed E-state index contributed by atoms with van der Waals surface area (Å²) in [7, 11) is 0. The first kappa shape index (κ1) is 35.1. The zero-order valence-corrected chi connectivity index (χ0v) is 27.9. The number of hydrogen-bond donors (Lipinski definition) is 4. The van der Waals surface area contributed by atoms with Crippen molar-refractivity contribution < 1.29 is 24.2 Å². The maximum atomic E-state index is 12.5. The van der Waals surface area contributed by atoms with Crippen LogP contribution in [-0.2, 0) is 32.2 Å². The van der Waals surface area contributed by atoms with E-state index < -0.39 is 6.29 Å². The molecule has 5 rings (SSSR count). The summed E-state index contributed by atoms with van der Waals surface area (Å²) in [5.74, 6) is 0.704. The second kappa shape index (κ2) is 18.4. The van der Waals surface area contributed by atoms with E-state index in [-0.39, 0.29) is 30.6 Å². The van der Waals surface area contributed by atoms with Crippen molar-refractivity contribution in [2.45, 2.75) is 81.6 Å². The number of nitrogen functional groups attached to an aromatic ring is 1. The Morgan fingerprint density at radius 2 is 1.50 bits per heavy atom. The van der Waals surface area contributed by atoms with E-state index in [1.165, 1.54) is 0 Å². The van der Waals surface area contributed by atoms with Crippen molar-refractivity contribution in [3.8, 4) is 0 Å². The molecule has 3 atom stereocenters. The number of carbonyl (C=O) groups excluding carboxylic acids is 2. The number of carbonyl (C=O) groups is 2. The molecule has 1 saturated heterocycles. The van der Waals surface area contributed by atoms with Crippen LogP contribution in [0, 0.1) is 0 Å². The summed E-state index contributed by atoms with van der Waals surface area (Å²) in [6, 6.07) is 29.0. The van der Waals surface area contributed by atoms with Gasteiger partial charge < -0.3 is 30.9 Å². The van der Waals surface area contributed by atoms with Gasteiger partial charge in [0.15, 0.2) is 6.29 Å². The molecule has 48 heavy (non-hydrogen) atoms. The zero-order chi connectivity index (χ0) is 33.6. The molecule has 9 nitrogen and oxygen atoms in total. The maximum absolute atomic E-state index is 12.5. The monoisotopic (exact) mass is 668 g/mol. The Balaban J connectivity index is 1.05. The predicted octanol–water partition coefficient (Wildman–Crippen LogP) is 7.09. The van der Waals surface area contributed by atoms with E-state index in [1.54, 1.807) is 30.1 Å². The fraction of sp³-hybridized carbons (Fsp3) is 0.342. The average Bonchev–Trinajstić information content (AvgIpc) is 3.13. The lowest BCUT2D eigenvalue weighted by Gasteiger charge is -2.36. The van der Waals surface area contributed by atoms with Crippen molar-refractivity contribution in [2.24, 2.45) is 0 Å². The van der Waals surface area contributed by atoms with Crippen LogP contribution in [0.5, 0.6) is 0 Å². The van der Waals surface area contributed by atoms with Crippen LogP contribution in [0.15, 0.2) is 102 Å². The Labute approximate surface area is 286 Å². The van der Waals surface area contributed by atoms with Crippen LogP contribution in [0.4, 0.5) is 11.4 Å². The van der Waals surface area contributed by atoms with Crippen LogP contribution in [0.3, 0.4) is 0 Å². The normalized spacial score (nSPS) is 17.5. The number of aromatic nitrogens is 1. The first-order valence-electron chi connectivity index (χ1n) is 16.5. The highest BCUT2D eigenvalue weighted by molar-refractivity contribution is 7.99. The lowest BCUT2D eigenvalue weighted by Crippen LogP contribution is -2.31. The number of rotatable bonds is 16. The average molecular weight is 669 g/mol. The van der Waals surface area contributed by atoms with Crippen molar-refractivity contribution in [1.29, 1.82) is 0 Å². The summed E-state index contributed by atoms with van der Waals surface area (Å²) in [5, 5.41) is 16.3. The van der Waals surface area contributed by atoms with Gasteiger partial charge in [0.05, 0.1) is 35.2 Å². The third kappa shape index (κ3) is 10.9. The summed E-state index contributed by atoms with van der Waals surface area (Å²) >= 11 is 1.67. The van der Waals surface area contributed by atoms with Gasteiger partial charge in [-0.2, -0.15) is 0 Å². The Morgan fingerprint density at radius 3 is 2.21 bits per heavy atom. The molecule has 0 aliphatic carbocycles. The molecule has 5 N–H and O–H groups in total. The molecule has 0 bridgehead atoms. The van der Waals surface area contributed by atoms with Crippen LogP contribution >= 0.6 is 11.8 Å². The number of aliphatic hydroxyl groups excluding tert-OH is 1. The number of ether oxygens (including phenoxy) is 2. The quantitative estimate of drug-likeness (QED) is 0.0565. The number of amides is 2. The number of unbranched alkanes of at least 4 members (excludes halogenated alkanes) is 3. The molecule has 1 aliphatic rings. The number of pyridine rings is 1. The molecule has 0 radical (unpaired) electrons. The smallest absolute Gasteiger partial charge is 0.224 e. The predicted molar refractivity (Wildman–Crippen MR) is 189 cm³/mol. The number of nitrogens with zero attached hydrogens (tertiary/aromatic N) is 1. The van der Waals surface area contributed by atoms with Gasteiger partial charge >= 0.3 is 0 Å². The molecular weight excluding hydrogens is 625 g/mol. The van der Waals surface area contributed by atoms with Gasteiger partial charge in [-0.05, 0) is 53.8 Å². The molecule has 2 amide bonds. The van der Waals surface area contributed by atoms with Crippen LogP contribution in [-0.4, -0.2) is 33.8 Å². The summed E-state index contributed by atoms with van der Waals surface area (Å²) in [6.45, 7) is 0.444. The second-order valence-corrected chi connectivity index (χ2v) is 12.9. The Hall–Kier alpha value is -4.22. The van der Waals surface area contributed by atoms with E-state index in [9.17, 15) is 14.7 Å². The number of thioether (sulfide) groups is 1. The van der Waals surface area contributed by atoms with Crippen LogP contribution in [0.2, 0.25) is 0 Å². The van der Waals surface area contributed by atoms with Crippen LogP contribution in [0.25, 0.3) is 0 Å². The van der Waals surface area contributed by atoms with Crippen molar-refractivity contribution in [3.63, 3.8) is 0 Å². The highest BCUT2D eigenvalue weighted by atomic mass is 32.2. The van der Waals surface area contributed by atoms with Crippen molar-refractivity contribution in [2.75, 3.05) is 16.8 Å². The summed E-state index contributed by atoms with van der Waals surface area (Å²) in [5.41, 5.74) is 10.9. The van der Waals surface area contributed by atoms with Crippen LogP contribution < -0.4 is 16.4 Å². The fourth-order valence-electron chi connectivity index (χ4n) is 5.46. The Bertz CT molecular complexity index is 1590. The number of aliphatic hydroxyl groups is 1. The molecule has 0 spiro atoms. The van der Waals surface area contributed by atoms with Gasteiger partial charge in [-0.1, -0.05) is 79.6 Å². The molecule has 1 fully saturated rings. The van der Waals surface area contributed by atoms with Gasteiger partial charge in [-0.25, -0.2) is 4.98 Å². The summed E-state index contributed by atoms with van der Waals surface area (Å²) in [4.78, 5) is 29.1. The van der Waals surface area contributed by atoms with Crippen molar-refractivity contribution >= 4 is 35.0 Å². The number of para-hydroxylation sites is 2. The van der Waals surface area contributed by atoms with E-state index in [0.29, 0.717) is 37.2 Å². The summed E-state index contributed by atoms with van der Waals surface area (Å²) in [6.07, 6.45) is 5.94. The number of hydrogen-bond acceptors (Lipinski definition) is 8. The molecule has 0 saturated carbocycles. The standard InChI is InChI=1S/C38H44N4O5S/c39-32-9-5-6-10-33(32)42-36(45)12-4-2-1-3-11-35(44)41-24-27-14-20-30(21-15-27)38-46-31(26-48-37-13-7-8-22-40-37)23-34(47-38)29-18-16-28(25-43)17-19-29/h5-10,13-22,31,34,38,43H,1-4,11-12,23-26,39H2,(H,41,44)(H,42,45)/t31-,34+,38+/m1/s1. The minimum atomic E-state index is -0.540. The SMILES string of the molecule is Nc1ccccc1NC(=O)CCCCCCC(=O)NCc1ccc([C@H]2O[C@@H](CSc3ccccn3)C[C@@H](c3ccc(CO)cc3)O2)cc1. The molecule has 252 valence electrons. The van der Waals surface area contributed by atoms with Crippen molar-refractivity contribution in [1.82, 2.24) is 10.3 Å². The third-order valence-electron chi connectivity index (χ3n) is 8.20. The molecule has 10 heteroatoms. The van der Waals surface area contributed by atoms with Gasteiger partial charge in [0.25, 0.3) is 0 Å². The van der Waals surface area contributed by atoms with E-state index in [0.717, 1.165) is 58.7 Å². The number of anilines is 2. The van der Waals surface area contributed by atoms with Crippen LogP contribution in [0.1, 0.15) is 79.6 Å². The molecular formula is C38H44N4O5S. The minimum Gasteiger partial charge on any atom is -0.397 e. The van der Waals surface area contributed by atoms with Gasteiger partial charge in [0, 0.05) is 43.3 Å². The van der Waals surface area contributed by atoms with Gasteiger partial charge in [0.2, 0.25) is 11.8 Å². The number of benzene rings is 3. The highest BCUT2D eigenvalue weighted by Gasteiger charge is 2.32. The molecule has 3 aromatic carbocycles. The van der Waals surface area contributed by atoms with Gasteiger partial charge in [0.1, 0.15) is 0 Å². The molecule has 0 unspecified atom stereocenters. The largest absolute Gasteiger partial charge is 0.397 e. The zero-order valence-electron chi connectivity index (χ0n) is 27.1. The Morgan fingerprint density at radius 1 is 0.812 bits per heavy atom. The van der Waals surface area contributed by atoms with Gasteiger partial charge in [-0.3, -0.25) is 9.59 Å². The lowest BCUT2D eigenvalue weighted by molar-refractivity contribution is -0.245. The lowest BCUT2D eigenvalue weighted by atomic mass is 10.0. The second-order valence-electron chi connectivity index (χ2n) is 11.9. The number of nitrogens with one attached hydrogen (secondary N) is 2. The van der Waals surface area contributed by atoms with E-state index >= 15 is 0 Å². The minimum absolute atomic E-state index is 0.00166. The van der Waals surface area contributed by atoms with E-state index in [1.807, 2.05) is 78.9 Å². The highest BCUT2D eigenvalue weighted by Crippen LogP contribution is 2.39. The van der Waals surface area contributed by atoms with E-state index in [2.05, 4.69) is 15.6 Å². The van der Waals surface area contributed by atoms with Gasteiger partial charge in [-0.15, -0.1) is 11.8 Å². The topological polar surface area (TPSA) is 136 Å². The summed E-state index contributed by atoms with van der Waals surface area (Å²) < 4.78 is 12.9. The first-order chi connectivity index (χ1) is 23.5. The maximum Gasteiger partial charge on any atom is 0.224 e. The van der Waals surface area contributed by atoms with E-state index in [4.69, 9.17) is 15.2 Å².